The van der Waals surface area contributed by atoms with Crippen molar-refractivity contribution in [2.24, 2.45) is 0 Å². The number of aryl methyl sites for hydroxylation is 1. The monoisotopic (exact) mass is 326 g/mol. The van der Waals surface area contributed by atoms with E-state index in [-0.39, 0.29) is 0 Å². The van der Waals surface area contributed by atoms with Crippen LogP contribution in [0.1, 0.15) is 12.0 Å². The number of hydrogen-bond donors (Lipinski definition) is 1. The summed E-state index contributed by atoms with van der Waals surface area (Å²) in [5, 5.41) is 3.39. The molecule has 0 aliphatic carbocycles. The minimum absolute atomic E-state index is 0.530. The molecule has 1 heterocycles. The van der Waals surface area contributed by atoms with E-state index in [0.717, 1.165) is 25.3 Å². The second-order valence-electron chi connectivity index (χ2n) is 5.49. The molecule has 0 spiro atoms. The lowest BCUT2D eigenvalue weighted by Gasteiger charge is -2.27. The summed E-state index contributed by atoms with van der Waals surface area (Å²) in [6.45, 7) is 7.50. The number of nitrogens with one attached hydrogen (secondary N) is 1. The smallest absolute Gasteiger partial charge is 0.119 e. The molecule has 1 aromatic rings. The summed E-state index contributed by atoms with van der Waals surface area (Å²) < 4.78 is 11.0. The van der Waals surface area contributed by atoms with Gasteiger partial charge < -0.3 is 19.7 Å². The zero-order valence-corrected chi connectivity index (χ0v) is 14.0. The van der Waals surface area contributed by atoms with Crippen LogP contribution in [0.5, 0.6) is 5.75 Å². The molecule has 5 heteroatoms. The number of benzene rings is 1. The number of halogens is 1. The fourth-order valence-corrected chi connectivity index (χ4v) is 2.72. The molecule has 1 saturated heterocycles. The molecule has 0 aromatic heterocycles. The van der Waals surface area contributed by atoms with Crippen molar-refractivity contribution in [1.82, 2.24) is 10.2 Å². The van der Waals surface area contributed by atoms with Gasteiger partial charge in [-0.25, -0.2) is 0 Å². The standard InChI is InChI=1S/C17H27ClN2O2/c18-6-12-21-13-14-22-17-5-1-3-16(15-17)4-2-9-20-10-7-19-8-11-20/h1,3,5,15,19H,2,4,6-14H2. The maximum atomic E-state index is 5.70. The normalized spacial score (nSPS) is 15.9. The molecule has 0 amide bonds. The minimum Gasteiger partial charge on any atom is -0.491 e. The summed E-state index contributed by atoms with van der Waals surface area (Å²) in [4.78, 5) is 2.53. The van der Waals surface area contributed by atoms with Gasteiger partial charge in [-0.05, 0) is 37.1 Å². The third kappa shape index (κ3) is 6.97. The van der Waals surface area contributed by atoms with Crippen LogP contribution in [-0.4, -0.2) is 63.3 Å². The van der Waals surface area contributed by atoms with E-state index in [1.807, 2.05) is 6.07 Å². The van der Waals surface area contributed by atoms with Crippen molar-refractivity contribution >= 4 is 11.6 Å². The van der Waals surface area contributed by atoms with E-state index >= 15 is 0 Å². The second-order valence-corrected chi connectivity index (χ2v) is 5.87. The quantitative estimate of drug-likeness (QED) is 0.528. The topological polar surface area (TPSA) is 33.7 Å². The zero-order chi connectivity index (χ0) is 15.5. The van der Waals surface area contributed by atoms with Crippen LogP contribution in [0.4, 0.5) is 0 Å². The Labute approximate surface area is 138 Å². The molecule has 1 N–H and O–H groups in total. The molecule has 1 fully saturated rings. The van der Waals surface area contributed by atoms with Crippen molar-refractivity contribution in [2.75, 3.05) is 58.4 Å². The van der Waals surface area contributed by atoms with Crippen molar-refractivity contribution in [1.29, 1.82) is 0 Å². The van der Waals surface area contributed by atoms with Gasteiger partial charge in [0.15, 0.2) is 0 Å². The van der Waals surface area contributed by atoms with Crippen LogP contribution >= 0.6 is 11.6 Å². The summed E-state index contributed by atoms with van der Waals surface area (Å²) in [6, 6.07) is 8.38. The Hall–Kier alpha value is -0.810. The van der Waals surface area contributed by atoms with Crippen molar-refractivity contribution in [3.05, 3.63) is 29.8 Å². The molecule has 22 heavy (non-hydrogen) atoms. The lowest BCUT2D eigenvalue weighted by Crippen LogP contribution is -2.43. The third-order valence-electron chi connectivity index (χ3n) is 3.77. The van der Waals surface area contributed by atoms with Crippen molar-refractivity contribution in [3.63, 3.8) is 0 Å². The largest absolute Gasteiger partial charge is 0.491 e. The van der Waals surface area contributed by atoms with Crippen LogP contribution in [0.25, 0.3) is 0 Å². The Bertz CT molecular complexity index is 411. The average Bonchev–Trinajstić information content (AvgIpc) is 2.56. The first-order valence-electron chi connectivity index (χ1n) is 8.17. The first kappa shape index (κ1) is 17.5. The Balaban J connectivity index is 1.64. The van der Waals surface area contributed by atoms with Gasteiger partial charge in [0, 0.05) is 32.1 Å². The predicted octanol–water partition coefficient (Wildman–Crippen LogP) is 2.16. The highest BCUT2D eigenvalue weighted by Crippen LogP contribution is 2.15. The number of hydrogen-bond acceptors (Lipinski definition) is 4. The van der Waals surface area contributed by atoms with Crippen molar-refractivity contribution < 1.29 is 9.47 Å². The second kappa shape index (κ2) is 10.8. The fourth-order valence-electron chi connectivity index (χ4n) is 2.61. The Morgan fingerprint density at radius 2 is 2.00 bits per heavy atom. The van der Waals surface area contributed by atoms with E-state index in [9.17, 15) is 0 Å². The van der Waals surface area contributed by atoms with Gasteiger partial charge in [-0.15, -0.1) is 11.6 Å². The van der Waals surface area contributed by atoms with Gasteiger partial charge in [-0.2, -0.15) is 0 Å². The average molecular weight is 327 g/mol. The Morgan fingerprint density at radius 1 is 1.14 bits per heavy atom. The predicted molar refractivity (Wildman–Crippen MR) is 91.1 cm³/mol. The third-order valence-corrected chi connectivity index (χ3v) is 3.92. The summed E-state index contributed by atoms with van der Waals surface area (Å²) >= 11 is 5.55. The highest BCUT2D eigenvalue weighted by molar-refractivity contribution is 6.17. The lowest BCUT2D eigenvalue weighted by atomic mass is 10.1. The van der Waals surface area contributed by atoms with Gasteiger partial charge in [-0.1, -0.05) is 12.1 Å². The van der Waals surface area contributed by atoms with Gasteiger partial charge in [0.05, 0.1) is 13.2 Å². The molecule has 1 aliphatic rings. The number of alkyl halides is 1. The maximum Gasteiger partial charge on any atom is 0.119 e. The number of rotatable bonds is 10. The number of ether oxygens (including phenoxy) is 2. The number of nitrogens with zero attached hydrogens (tertiary/aromatic N) is 1. The van der Waals surface area contributed by atoms with Crippen LogP contribution in [0.3, 0.4) is 0 Å². The summed E-state index contributed by atoms with van der Waals surface area (Å²) in [7, 11) is 0. The van der Waals surface area contributed by atoms with E-state index in [4.69, 9.17) is 21.1 Å². The van der Waals surface area contributed by atoms with Crippen LogP contribution in [0, 0.1) is 0 Å². The lowest BCUT2D eigenvalue weighted by molar-refractivity contribution is 0.111. The molecule has 1 aromatic carbocycles. The minimum atomic E-state index is 0.530. The summed E-state index contributed by atoms with van der Waals surface area (Å²) in [6.07, 6.45) is 2.30. The molecule has 0 atom stereocenters. The van der Waals surface area contributed by atoms with E-state index in [2.05, 4.69) is 28.4 Å². The SMILES string of the molecule is ClCCOCCOc1cccc(CCCN2CCNCC2)c1. The molecular weight excluding hydrogens is 300 g/mol. The van der Waals surface area contributed by atoms with E-state index < -0.39 is 0 Å². The zero-order valence-electron chi connectivity index (χ0n) is 13.2. The summed E-state index contributed by atoms with van der Waals surface area (Å²) in [5.74, 6) is 1.46. The number of piperazine rings is 1. The molecule has 0 radical (unpaired) electrons. The highest BCUT2D eigenvalue weighted by atomic mass is 35.5. The van der Waals surface area contributed by atoms with Crippen molar-refractivity contribution in [3.8, 4) is 5.75 Å². The molecule has 0 saturated carbocycles. The van der Waals surface area contributed by atoms with Gasteiger partial charge >= 0.3 is 0 Å². The van der Waals surface area contributed by atoms with Gasteiger partial charge in [0.1, 0.15) is 12.4 Å². The van der Waals surface area contributed by atoms with Crippen LogP contribution in [0.2, 0.25) is 0 Å². The molecular formula is C17H27ClN2O2. The first-order valence-corrected chi connectivity index (χ1v) is 8.70. The van der Waals surface area contributed by atoms with Crippen LogP contribution in [-0.2, 0) is 11.2 Å². The highest BCUT2D eigenvalue weighted by Gasteiger charge is 2.08. The van der Waals surface area contributed by atoms with E-state index in [1.54, 1.807) is 0 Å². The van der Waals surface area contributed by atoms with Crippen LogP contribution < -0.4 is 10.1 Å². The molecule has 124 valence electrons. The van der Waals surface area contributed by atoms with E-state index in [1.165, 1.54) is 31.6 Å². The van der Waals surface area contributed by atoms with Crippen molar-refractivity contribution in [2.45, 2.75) is 12.8 Å². The maximum absolute atomic E-state index is 5.70. The fraction of sp³-hybridized carbons (Fsp3) is 0.647. The molecule has 0 bridgehead atoms. The van der Waals surface area contributed by atoms with Crippen LogP contribution in [0.15, 0.2) is 24.3 Å². The Kier molecular flexibility index (Phi) is 8.64. The van der Waals surface area contributed by atoms with E-state index in [0.29, 0.717) is 25.7 Å². The van der Waals surface area contributed by atoms with Gasteiger partial charge in [-0.3, -0.25) is 0 Å². The molecule has 4 nitrogen and oxygen atoms in total. The van der Waals surface area contributed by atoms with Gasteiger partial charge in [0.25, 0.3) is 0 Å². The first-order chi connectivity index (χ1) is 10.9. The van der Waals surface area contributed by atoms with Gasteiger partial charge in [0.2, 0.25) is 0 Å². The molecule has 1 aliphatic heterocycles. The molecule has 2 rings (SSSR count). The molecule has 0 unspecified atom stereocenters. The Morgan fingerprint density at radius 3 is 2.82 bits per heavy atom. The summed E-state index contributed by atoms with van der Waals surface area (Å²) in [5.41, 5.74) is 1.34.